The minimum Gasteiger partial charge on any atom is -0.282 e. The van der Waals surface area contributed by atoms with Gasteiger partial charge in [-0.1, -0.05) is 44.9 Å². The third kappa shape index (κ3) is 5.09. The van der Waals surface area contributed by atoms with E-state index in [1.807, 2.05) is 0 Å². The van der Waals surface area contributed by atoms with Crippen molar-refractivity contribution in [1.82, 2.24) is 4.90 Å². The van der Waals surface area contributed by atoms with Gasteiger partial charge in [0.2, 0.25) is 0 Å². The van der Waals surface area contributed by atoms with Crippen molar-refractivity contribution in [2.75, 3.05) is 13.2 Å². The molecule has 2 heteroatoms. The van der Waals surface area contributed by atoms with Crippen LogP contribution in [0.4, 0.5) is 0 Å². The van der Waals surface area contributed by atoms with Crippen LogP contribution >= 0.6 is 0 Å². The first-order chi connectivity index (χ1) is 8.97. The number of hydrogen-bond acceptors (Lipinski definition) is 2. The minimum atomic E-state index is 0.818. The van der Waals surface area contributed by atoms with E-state index in [4.69, 9.17) is 0 Å². The van der Waals surface area contributed by atoms with Crippen LogP contribution in [0, 0.1) is 0 Å². The van der Waals surface area contributed by atoms with Crippen LogP contribution in [0.3, 0.4) is 0 Å². The van der Waals surface area contributed by atoms with Crippen molar-refractivity contribution in [3.8, 4) is 0 Å². The Morgan fingerprint density at radius 2 is 1.44 bits per heavy atom. The molecule has 2 aliphatic rings. The molecular formula is C16H30N2. The van der Waals surface area contributed by atoms with E-state index < -0.39 is 0 Å². The van der Waals surface area contributed by atoms with Crippen molar-refractivity contribution < 1.29 is 0 Å². The second-order valence-electron chi connectivity index (χ2n) is 6.02. The number of nitrogens with zero attached hydrogens (tertiary/aromatic N) is 2. The normalized spacial score (nSPS) is 26.4. The van der Waals surface area contributed by atoms with E-state index in [0.717, 1.165) is 12.7 Å². The molecule has 104 valence electrons. The van der Waals surface area contributed by atoms with Crippen molar-refractivity contribution in [2.45, 2.75) is 83.1 Å². The average molecular weight is 250 g/mol. The Labute approximate surface area is 113 Å². The third-order valence-corrected chi connectivity index (χ3v) is 4.51. The highest BCUT2D eigenvalue weighted by molar-refractivity contribution is 5.56. The van der Waals surface area contributed by atoms with Crippen molar-refractivity contribution in [3.05, 3.63) is 0 Å². The molecule has 1 aliphatic heterocycles. The quantitative estimate of drug-likeness (QED) is 0.673. The van der Waals surface area contributed by atoms with E-state index in [9.17, 15) is 0 Å². The fourth-order valence-corrected chi connectivity index (χ4v) is 3.33. The maximum Gasteiger partial charge on any atom is 0.0907 e. The van der Waals surface area contributed by atoms with Crippen LogP contribution < -0.4 is 0 Å². The molecule has 2 nitrogen and oxygen atoms in total. The van der Waals surface area contributed by atoms with Crippen molar-refractivity contribution in [1.29, 1.82) is 0 Å². The highest BCUT2D eigenvalue weighted by Crippen LogP contribution is 2.22. The SMILES string of the molecule is C1=NCN(C2CCCCCCCC2)CCCCC1. The Balaban J connectivity index is 1.87. The second kappa shape index (κ2) is 8.68. The molecule has 1 aliphatic carbocycles. The summed E-state index contributed by atoms with van der Waals surface area (Å²) in [7, 11) is 0. The molecule has 1 saturated carbocycles. The van der Waals surface area contributed by atoms with Crippen LogP contribution in [0.25, 0.3) is 0 Å². The van der Waals surface area contributed by atoms with Gasteiger partial charge in [-0.2, -0.15) is 0 Å². The van der Waals surface area contributed by atoms with Gasteiger partial charge in [0.1, 0.15) is 0 Å². The lowest BCUT2D eigenvalue weighted by atomic mass is 10.0. The van der Waals surface area contributed by atoms with E-state index in [0.29, 0.717) is 0 Å². The van der Waals surface area contributed by atoms with E-state index in [2.05, 4.69) is 16.1 Å². The molecule has 0 N–H and O–H groups in total. The lowest BCUT2D eigenvalue weighted by molar-refractivity contribution is 0.176. The third-order valence-electron chi connectivity index (χ3n) is 4.51. The molecule has 0 aromatic heterocycles. The number of rotatable bonds is 1. The first-order valence-electron chi connectivity index (χ1n) is 8.19. The smallest absolute Gasteiger partial charge is 0.0907 e. The molecule has 0 radical (unpaired) electrons. The summed E-state index contributed by atoms with van der Waals surface area (Å²) in [6.07, 6.45) is 19.0. The topological polar surface area (TPSA) is 15.6 Å². The largest absolute Gasteiger partial charge is 0.282 e. The Morgan fingerprint density at radius 1 is 0.778 bits per heavy atom. The molecule has 0 unspecified atom stereocenters. The van der Waals surface area contributed by atoms with E-state index in [-0.39, 0.29) is 0 Å². The summed E-state index contributed by atoms with van der Waals surface area (Å²) < 4.78 is 0. The predicted octanol–water partition coefficient (Wildman–Crippen LogP) is 4.39. The summed E-state index contributed by atoms with van der Waals surface area (Å²) in [6, 6.07) is 0.818. The first-order valence-corrected chi connectivity index (χ1v) is 8.19. The zero-order valence-corrected chi connectivity index (χ0v) is 11.9. The molecule has 0 bridgehead atoms. The van der Waals surface area contributed by atoms with Crippen LogP contribution in [0.5, 0.6) is 0 Å². The van der Waals surface area contributed by atoms with Crippen molar-refractivity contribution in [3.63, 3.8) is 0 Å². The second-order valence-corrected chi connectivity index (χ2v) is 6.02. The van der Waals surface area contributed by atoms with Gasteiger partial charge in [-0.05, 0) is 32.1 Å². The molecule has 18 heavy (non-hydrogen) atoms. The monoisotopic (exact) mass is 250 g/mol. The maximum atomic E-state index is 4.63. The van der Waals surface area contributed by atoms with Crippen LogP contribution in [0.2, 0.25) is 0 Å². The molecular weight excluding hydrogens is 220 g/mol. The highest BCUT2D eigenvalue weighted by Gasteiger charge is 2.18. The first kappa shape index (κ1) is 14.0. The Bertz CT molecular complexity index is 227. The minimum absolute atomic E-state index is 0.818. The molecule has 0 amide bonds. The lowest BCUT2D eigenvalue weighted by Crippen LogP contribution is -2.36. The highest BCUT2D eigenvalue weighted by atomic mass is 15.2. The summed E-state index contributed by atoms with van der Waals surface area (Å²) >= 11 is 0. The van der Waals surface area contributed by atoms with Crippen LogP contribution in [-0.4, -0.2) is 30.4 Å². The van der Waals surface area contributed by atoms with Gasteiger partial charge in [-0.3, -0.25) is 9.89 Å². The Kier molecular flexibility index (Phi) is 6.78. The molecule has 0 atom stereocenters. The molecule has 0 saturated heterocycles. The lowest BCUT2D eigenvalue weighted by Gasteiger charge is -2.30. The fourth-order valence-electron chi connectivity index (χ4n) is 3.33. The van der Waals surface area contributed by atoms with E-state index in [1.165, 1.54) is 83.6 Å². The Morgan fingerprint density at radius 3 is 2.22 bits per heavy atom. The maximum absolute atomic E-state index is 4.63. The Hall–Kier alpha value is -0.370. The van der Waals surface area contributed by atoms with Gasteiger partial charge >= 0.3 is 0 Å². The molecule has 0 spiro atoms. The van der Waals surface area contributed by atoms with Crippen LogP contribution in [0.15, 0.2) is 4.99 Å². The number of aliphatic imine (C=N–C) groups is 1. The van der Waals surface area contributed by atoms with Gasteiger partial charge in [-0.15, -0.1) is 0 Å². The number of hydrogen-bond donors (Lipinski definition) is 0. The standard InChI is InChI=1S/C16H30N2/c1-2-4-8-12-16(11-7-3-1)18-14-10-6-5-9-13-17-15-18/h13,16H,1-12,14-15H2. The van der Waals surface area contributed by atoms with E-state index in [1.54, 1.807) is 0 Å². The van der Waals surface area contributed by atoms with Gasteiger partial charge in [0, 0.05) is 18.8 Å². The summed E-state index contributed by atoms with van der Waals surface area (Å²) in [6.45, 7) is 2.24. The fraction of sp³-hybridized carbons (Fsp3) is 0.938. The summed E-state index contributed by atoms with van der Waals surface area (Å²) in [5.74, 6) is 0. The zero-order chi connectivity index (χ0) is 12.5. The van der Waals surface area contributed by atoms with Gasteiger partial charge in [0.05, 0.1) is 6.67 Å². The van der Waals surface area contributed by atoms with Gasteiger partial charge in [-0.25, -0.2) is 0 Å². The van der Waals surface area contributed by atoms with Crippen molar-refractivity contribution in [2.24, 2.45) is 4.99 Å². The van der Waals surface area contributed by atoms with Gasteiger partial charge in [0.25, 0.3) is 0 Å². The van der Waals surface area contributed by atoms with Crippen LogP contribution in [0.1, 0.15) is 77.0 Å². The molecule has 0 aromatic carbocycles. The van der Waals surface area contributed by atoms with Crippen LogP contribution in [-0.2, 0) is 0 Å². The molecule has 2 rings (SSSR count). The van der Waals surface area contributed by atoms with Gasteiger partial charge < -0.3 is 0 Å². The zero-order valence-electron chi connectivity index (χ0n) is 11.9. The average Bonchev–Trinajstić information content (AvgIpc) is 2.61. The molecule has 0 aromatic rings. The van der Waals surface area contributed by atoms with E-state index >= 15 is 0 Å². The summed E-state index contributed by atoms with van der Waals surface area (Å²) in [5.41, 5.74) is 0. The summed E-state index contributed by atoms with van der Waals surface area (Å²) in [5, 5.41) is 0. The van der Waals surface area contributed by atoms with Crippen molar-refractivity contribution >= 4 is 6.21 Å². The summed E-state index contributed by atoms with van der Waals surface area (Å²) in [4.78, 5) is 7.30. The molecule has 1 heterocycles. The van der Waals surface area contributed by atoms with Gasteiger partial charge in [0.15, 0.2) is 0 Å². The molecule has 1 fully saturated rings. The predicted molar refractivity (Wildman–Crippen MR) is 79.3 cm³/mol.